The van der Waals surface area contributed by atoms with Gasteiger partial charge in [-0.3, -0.25) is 0 Å². The Morgan fingerprint density at radius 3 is 1.55 bits per heavy atom. The van der Waals surface area contributed by atoms with Crippen LogP contribution in [0.4, 0.5) is 0 Å². The first kappa shape index (κ1) is 33.7. The third-order valence-electron chi connectivity index (χ3n) is 12.9. The zero-order chi connectivity index (χ0) is 39.3. The molecule has 0 saturated heterocycles. The monoisotopic (exact) mass is 780 g/mol. The lowest BCUT2D eigenvalue weighted by Crippen LogP contribution is -1.93. The number of thiophene rings is 1. The van der Waals surface area contributed by atoms with Crippen LogP contribution in [0.5, 0.6) is 0 Å². The highest BCUT2D eigenvalue weighted by Gasteiger charge is 2.24. The van der Waals surface area contributed by atoms with Gasteiger partial charge in [0.15, 0.2) is 0 Å². The Kier molecular flexibility index (Phi) is 7.37. The summed E-state index contributed by atoms with van der Waals surface area (Å²) in [4.78, 5) is 1.50. The van der Waals surface area contributed by atoms with Crippen LogP contribution in [0.3, 0.4) is 0 Å². The summed E-state index contributed by atoms with van der Waals surface area (Å²) in [6.07, 6.45) is 6.92. The molecule has 0 atom stereocenters. The average Bonchev–Trinajstić information content (AvgIpc) is 3.89. The molecular weight excluding hydrogens is 745 g/mol. The minimum Gasteiger partial charge on any atom is -0.455 e. The van der Waals surface area contributed by atoms with Crippen LogP contribution in [-0.2, 0) is 6.42 Å². The van der Waals surface area contributed by atoms with Crippen molar-refractivity contribution in [1.29, 1.82) is 0 Å². The van der Waals surface area contributed by atoms with Gasteiger partial charge in [-0.25, -0.2) is 0 Å². The van der Waals surface area contributed by atoms with E-state index in [2.05, 4.69) is 194 Å². The van der Waals surface area contributed by atoms with E-state index in [1.807, 2.05) is 11.3 Å². The van der Waals surface area contributed by atoms with Crippen LogP contribution in [-0.4, -0.2) is 0 Å². The third-order valence-corrected chi connectivity index (χ3v) is 14.1. The van der Waals surface area contributed by atoms with Gasteiger partial charge in [0.25, 0.3) is 0 Å². The van der Waals surface area contributed by atoms with Gasteiger partial charge in [0.1, 0.15) is 11.2 Å². The summed E-state index contributed by atoms with van der Waals surface area (Å²) in [5.41, 5.74) is 13.1. The summed E-state index contributed by atoms with van der Waals surface area (Å²) in [7, 11) is 0. The van der Waals surface area contributed by atoms with E-state index in [4.69, 9.17) is 4.42 Å². The van der Waals surface area contributed by atoms with Crippen molar-refractivity contribution >= 4 is 92.5 Å². The molecule has 0 amide bonds. The second-order valence-corrected chi connectivity index (χ2v) is 17.2. The molecule has 1 nitrogen and oxygen atoms in total. The Bertz CT molecular complexity index is 3650. The number of furan rings is 1. The molecule has 10 aromatic carbocycles. The van der Waals surface area contributed by atoms with Crippen molar-refractivity contribution in [3.8, 4) is 44.5 Å². The molecule has 280 valence electrons. The van der Waals surface area contributed by atoms with Crippen LogP contribution in [0, 0.1) is 0 Å². The smallest absolute Gasteiger partial charge is 0.143 e. The van der Waals surface area contributed by atoms with Crippen molar-refractivity contribution in [1.82, 2.24) is 0 Å². The van der Waals surface area contributed by atoms with Crippen molar-refractivity contribution in [3.63, 3.8) is 0 Å². The molecule has 2 aromatic heterocycles. The minimum absolute atomic E-state index is 0.892. The SMILES string of the molecule is C1=Cc2c(sc3cccc(-c4c5ccccc5c(-c5cccc6c5oc5ccc(-c7c8ccccc8c(-c8ccccc8)c8ccccc78)cc56)c5ccccc45)c23)CC1. The molecule has 13 rings (SSSR count). The molecule has 0 N–H and O–H groups in total. The Morgan fingerprint density at radius 2 is 0.917 bits per heavy atom. The predicted octanol–water partition coefficient (Wildman–Crippen LogP) is 17.0. The van der Waals surface area contributed by atoms with E-state index < -0.39 is 0 Å². The second kappa shape index (κ2) is 13.1. The summed E-state index contributed by atoms with van der Waals surface area (Å²) in [6.45, 7) is 0. The number of benzene rings is 10. The zero-order valence-corrected chi connectivity index (χ0v) is 33.5. The fourth-order valence-electron chi connectivity index (χ4n) is 10.4. The van der Waals surface area contributed by atoms with E-state index >= 15 is 0 Å². The largest absolute Gasteiger partial charge is 0.455 e. The van der Waals surface area contributed by atoms with Crippen LogP contribution in [0.25, 0.3) is 126 Å². The summed E-state index contributed by atoms with van der Waals surface area (Å²) >= 11 is 1.96. The minimum atomic E-state index is 0.892. The summed E-state index contributed by atoms with van der Waals surface area (Å²) < 4.78 is 8.36. The molecule has 0 spiro atoms. The third kappa shape index (κ3) is 4.86. The van der Waals surface area contributed by atoms with Crippen LogP contribution in [0.1, 0.15) is 16.9 Å². The quantitative estimate of drug-likeness (QED) is 0.162. The normalized spacial score (nSPS) is 12.8. The Hall–Kier alpha value is -7.26. The van der Waals surface area contributed by atoms with Gasteiger partial charge < -0.3 is 4.42 Å². The van der Waals surface area contributed by atoms with Gasteiger partial charge in [-0.1, -0.05) is 176 Å². The Balaban J connectivity index is 1.06. The first-order valence-corrected chi connectivity index (χ1v) is 21.7. The van der Waals surface area contributed by atoms with Gasteiger partial charge in [0, 0.05) is 36.9 Å². The average molecular weight is 781 g/mol. The predicted molar refractivity (Wildman–Crippen MR) is 258 cm³/mol. The van der Waals surface area contributed by atoms with Gasteiger partial charge in [-0.05, 0) is 113 Å². The van der Waals surface area contributed by atoms with Crippen molar-refractivity contribution in [2.24, 2.45) is 0 Å². The molecule has 12 aromatic rings. The highest BCUT2D eigenvalue weighted by atomic mass is 32.1. The van der Waals surface area contributed by atoms with Crippen molar-refractivity contribution < 1.29 is 4.42 Å². The number of hydrogen-bond acceptors (Lipinski definition) is 2. The van der Waals surface area contributed by atoms with Crippen LogP contribution in [0.2, 0.25) is 0 Å². The maximum Gasteiger partial charge on any atom is 0.143 e. The maximum atomic E-state index is 7.00. The molecule has 0 unspecified atom stereocenters. The van der Waals surface area contributed by atoms with E-state index in [1.54, 1.807) is 0 Å². The number of fused-ring (bicyclic) bond motifs is 10. The highest BCUT2D eigenvalue weighted by Crippen LogP contribution is 2.50. The molecule has 1 aliphatic rings. The highest BCUT2D eigenvalue weighted by molar-refractivity contribution is 7.19. The van der Waals surface area contributed by atoms with Crippen LogP contribution >= 0.6 is 11.3 Å². The van der Waals surface area contributed by atoms with Crippen LogP contribution in [0.15, 0.2) is 192 Å². The van der Waals surface area contributed by atoms with E-state index in [0.717, 1.165) is 40.3 Å². The van der Waals surface area contributed by atoms with E-state index in [9.17, 15) is 0 Å². The molecule has 0 saturated carbocycles. The first-order valence-electron chi connectivity index (χ1n) is 20.9. The fraction of sp³-hybridized carbons (Fsp3) is 0.0345. The van der Waals surface area contributed by atoms with E-state index in [1.165, 1.54) is 103 Å². The molecule has 0 bridgehead atoms. The molecule has 60 heavy (non-hydrogen) atoms. The number of para-hydroxylation sites is 1. The van der Waals surface area contributed by atoms with E-state index in [-0.39, 0.29) is 0 Å². The topological polar surface area (TPSA) is 13.1 Å². The number of rotatable bonds is 4. The first-order chi connectivity index (χ1) is 29.8. The molecule has 2 heteroatoms. The zero-order valence-electron chi connectivity index (χ0n) is 32.7. The lowest BCUT2D eigenvalue weighted by molar-refractivity contribution is 0.670. The van der Waals surface area contributed by atoms with Crippen LogP contribution < -0.4 is 0 Å². The fourth-order valence-corrected chi connectivity index (χ4v) is 11.7. The molecule has 0 fully saturated rings. The van der Waals surface area contributed by atoms with Crippen molar-refractivity contribution in [2.75, 3.05) is 0 Å². The van der Waals surface area contributed by atoms with Gasteiger partial charge in [0.05, 0.1) is 0 Å². The number of allylic oxidation sites excluding steroid dienone is 1. The molecule has 1 aliphatic carbocycles. The van der Waals surface area contributed by atoms with Crippen molar-refractivity contribution in [3.05, 3.63) is 199 Å². The van der Waals surface area contributed by atoms with Gasteiger partial charge >= 0.3 is 0 Å². The second-order valence-electron chi connectivity index (χ2n) is 16.1. The van der Waals surface area contributed by atoms with E-state index in [0.29, 0.717) is 0 Å². The lowest BCUT2D eigenvalue weighted by Gasteiger charge is -2.19. The maximum absolute atomic E-state index is 7.00. The Morgan fingerprint density at radius 1 is 0.400 bits per heavy atom. The van der Waals surface area contributed by atoms with Gasteiger partial charge in [-0.2, -0.15) is 0 Å². The number of aryl methyl sites for hydroxylation is 1. The van der Waals surface area contributed by atoms with Crippen molar-refractivity contribution in [2.45, 2.75) is 12.8 Å². The molecule has 2 heterocycles. The summed E-state index contributed by atoms with van der Waals surface area (Å²) in [5.74, 6) is 0. The van der Waals surface area contributed by atoms with Gasteiger partial charge in [-0.15, -0.1) is 11.3 Å². The molecule has 0 radical (unpaired) electrons. The number of hydrogen-bond donors (Lipinski definition) is 0. The Labute approximate surface area is 351 Å². The molecular formula is C58H36OS. The summed E-state index contributed by atoms with van der Waals surface area (Å²) in [5, 5.41) is 13.6. The van der Waals surface area contributed by atoms with Gasteiger partial charge in [0.2, 0.25) is 0 Å². The standard InChI is InChI=1S/C58H36OS/c1-2-16-35(17-3-1)53-37-18-4-6-20-39(37)54(40-21-7-5-19-38(40)53)36-32-33-50-49(34-36)45-27-14-29-48(58(45)59-50)56-43-24-10-8-22-41(43)55(42-23-9-11-25-44(42)56)47-28-15-31-52-57(47)46-26-12-13-30-51(46)60-52/h1-12,14-29,31-34H,13,30H2. The lowest BCUT2D eigenvalue weighted by atomic mass is 9.84. The molecule has 0 aliphatic heterocycles. The summed E-state index contributed by atoms with van der Waals surface area (Å²) in [6, 6.07) is 66.9.